The number of hydrogen-bond acceptors (Lipinski definition) is 6. The summed E-state index contributed by atoms with van der Waals surface area (Å²) in [7, 11) is 0. The number of alkyl halides is 2. The second kappa shape index (κ2) is 7.81. The number of benzene rings is 1. The molecule has 2 aliphatic heterocycles. The summed E-state index contributed by atoms with van der Waals surface area (Å²) in [5.41, 5.74) is 6.68. The molecule has 0 aliphatic carbocycles. The molecule has 0 radical (unpaired) electrons. The Morgan fingerprint density at radius 3 is 2.90 bits per heavy atom. The average Bonchev–Trinajstić information content (AvgIpc) is 3.25. The number of fused-ring (bicyclic) bond motifs is 3. The van der Waals surface area contributed by atoms with Gasteiger partial charge in [0.2, 0.25) is 5.91 Å². The van der Waals surface area contributed by atoms with E-state index in [9.17, 15) is 18.4 Å². The van der Waals surface area contributed by atoms with Crippen LogP contribution >= 0.6 is 0 Å². The van der Waals surface area contributed by atoms with Crippen LogP contribution in [0.2, 0.25) is 0 Å². The number of nitrogens with zero attached hydrogens (tertiary/aromatic N) is 3. The predicted octanol–water partition coefficient (Wildman–Crippen LogP) is 2.21. The quantitative estimate of drug-likeness (QED) is 0.740. The van der Waals surface area contributed by atoms with Crippen LogP contribution in [-0.2, 0) is 16.1 Å². The van der Waals surface area contributed by atoms with Gasteiger partial charge in [0, 0.05) is 18.0 Å². The Kier molecular flexibility index (Phi) is 5.18. The van der Waals surface area contributed by atoms with Crippen LogP contribution in [0.3, 0.4) is 0 Å². The molecule has 0 spiro atoms. The van der Waals surface area contributed by atoms with Crippen LogP contribution < -0.4 is 20.7 Å². The molecule has 0 saturated carbocycles. The number of nitrogens with one attached hydrogen (secondary N) is 1. The van der Waals surface area contributed by atoms with Crippen molar-refractivity contribution in [1.29, 1.82) is 0 Å². The third kappa shape index (κ3) is 3.51. The van der Waals surface area contributed by atoms with E-state index in [1.807, 2.05) is 6.92 Å². The number of carbonyl (C=O) groups excluding carboxylic acids is 2. The molecule has 2 aliphatic rings. The van der Waals surface area contributed by atoms with Crippen molar-refractivity contribution in [2.24, 2.45) is 5.73 Å². The number of hydrogen-bond donors (Lipinski definition) is 2. The number of halogens is 2. The fourth-order valence-electron chi connectivity index (χ4n) is 3.53. The maximum Gasteiger partial charge on any atom is 0.416 e. The van der Waals surface area contributed by atoms with Crippen LogP contribution in [0.15, 0.2) is 24.4 Å². The fraction of sp³-hybridized carbons (Fsp3) is 0.421. The average molecular weight is 421 g/mol. The Balaban J connectivity index is 1.67. The largest absolute Gasteiger partial charge is 0.491 e. The first-order valence-corrected chi connectivity index (χ1v) is 9.53. The topological polar surface area (TPSA) is 112 Å². The second-order valence-corrected chi connectivity index (χ2v) is 7.03. The summed E-state index contributed by atoms with van der Waals surface area (Å²) in [6, 6.07) is 3.35. The van der Waals surface area contributed by atoms with E-state index < -0.39 is 30.5 Å². The zero-order valence-corrected chi connectivity index (χ0v) is 16.2. The van der Waals surface area contributed by atoms with Crippen LogP contribution in [0, 0.1) is 0 Å². The van der Waals surface area contributed by atoms with Crippen LogP contribution in [0.25, 0.3) is 11.4 Å². The number of rotatable bonds is 6. The summed E-state index contributed by atoms with van der Waals surface area (Å²) >= 11 is 0. The molecular formula is C19H21F2N5O4. The number of cyclic esters (lactones) is 1. The highest BCUT2D eigenvalue weighted by Crippen LogP contribution is 2.37. The molecule has 30 heavy (non-hydrogen) atoms. The van der Waals surface area contributed by atoms with Gasteiger partial charge in [0.05, 0.1) is 12.1 Å². The molecule has 9 nitrogen and oxygen atoms in total. The second-order valence-electron chi connectivity index (χ2n) is 7.03. The van der Waals surface area contributed by atoms with Crippen molar-refractivity contribution in [3.05, 3.63) is 24.4 Å². The van der Waals surface area contributed by atoms with Gasteiger partial charge in [-0.2, -0.15) is 0 Å². The number of aromatic nitrogens is 2. The van der Waals surface area contributed by atoms with E-state index in [1.165, 1.54) is 0 Å². The molecule has 3 heterocycles. The Morgan fingerprint density at radius 2 is 2.20 bits per heavy atom. The highest BCUT2D eigenvalue weighted by Gasteiger charge is 2.42. The van der Waals surface area contributed by atoms with Gasteiger partial charge in [-0.15, -0.1) is 0 Å². The smallest absolute Gasteiger partial charge is 0.416 e. The monoisotopic (exact) mass is 421 g/mol. The molecule has 1 aromatic carbocycles. The molecule has 1 fully saturated rings. The first-order valence-electron chi connectivity index (χ1n) is 9.53. The van der Waals surface area contributed by atoms with Gasteiger partial charge in [-0.25, -0.2) is 23.5 Å². The third-order valence-corrected chi connectivity index (χ3v) is 5.11. The SMILES string of the molecule is CC[C@H](Nc1ccc2c(c1)OCCn1cc(N3C(=O)OCC3C(F)F)nc1-2)C(N)=O. The molecule has 2 amide bonds. The zero-order valence-electron chi connectivity index (χ0n) is 16.2. The van der Waals surface area contributed by atoms with E-state index in [-0.39, 0.29) is 12.4 Å². The minimum atomic E-state index is -2.75. The van der Waals surface area contributed by atoms with Gasteiger partial charge in [0.25, 0.3) is 6.43 Å². The molecule has 1 unspecified atom stereocenters. The minimum absolute atomic E-state index is 0.104. The summed E-state index contributed by atoms with van der Waals surface area (Å²) in [5, 5.41) is 3.06. The van der Waals surface area contributed by atoms with Crippen LogP contribution in [0.5, 0.6) is 5.75 Å². The molecule has 3 N–H and O–H groups in total. The number of amides is 2. The number of anilines is 2. The van der Waals surface area contributed by atoms with Crippen molar-refractivity contribution >= 4 is 23.5 Å². The van der Waals surface area contributed by atoms with Gasteiger partial charge in [0.15, 0.2) is 5.82 Å². The summed E-state index contributed by atoms with van der Waals surface area (Å²) in [6.45, 7) is 2.19. The molecule has 0 bridgehead atoms. The molecule has 160 valence electrons. The summed E-state index contributed by atoms with van der Waals surface area (Å²) in [6.07, 6.45) is -1.53. The normalized spacial score (nSPS) is 18.9. The summed E-state index contributed by atoms with van der Waals surface area (Å²) in [4.78, 5) is 28.8. The van der Waals surface area contributed by atoms with Gasteiger partial charge in [-0.05, 0) is 18.6 Å². The van der Waals surface area contributed by atoms with Gasteiger partial charge in [0.1, 0.15) is 36.9 Å². The zero-order chi connectivity index (χ0) is 21.4. The number of imidazole rings is 1. The van der Waals surface area contributed by atoms with Gasteiger partial charge in [-0.3, -0.25) is 4.79 Å². The molecule has 2 atom stereocenters. The highest BCUT2D eigenvalue weighted by atomic mass is 19.3. The Morgan fingerprint density at radius 1 is 1.40 bits per heavy atom. The number of primary amides is 1. The highest BCUT2D eigenvalue weighted by molar-refractivity contribution is 5.90. The molecular weight excluding hydrogens is 400 g/mol. The third-order valence-electron chi connectivity index (χ3n) is 5.11. The van der Waals surface area contributed by atoms with Crippen LogP contribution in [0.1, 0.15) is 13.3 Å². The Bertz CT molecular complexity index is 980. The van der Waals surface area contributed by atoms with E-state index in [0.29, 0.717) is 42.4 Å². The summed E-state index contributed by atoms with van der Waals surface area (Å²) in [5.74, 6) is 0.649. The van der Waals surface area contributed by atoms with Crippen molar-refractivity contribution < 1.29 is 27.8 Å². The fourth-order valence-corrected chi connectivity index (χ4v) is 3.53. The predicted molar refractivity (Wildman–Crippen MR) is 104 cm³/mol. The van der Waals surface area contributed by atoms with Gasteiger partial charge < -0.3 is 25.1 Å². The maximum absolute atomic E-state index is 13.3. The molecule has 1 aromatic heterocycles. The van der Waals surface area contributed by atoms with Gasteiger partial charge >= 0.3 is 6.09 Å². The van der Waals surface area contributed by atoms with E-state index in [4.69, 9.17) is 15.2 Å². The Hall–Kier alpha value is -3.37. The van der Waals surface area contributed by atoms with Gasteiger partial charge in [-0.1, -0.05) is 6.92 Å². The van der Waals surface area contributed by atoms with E-state index >= 15 is 0 Å². The van der Waals surface area contributed by atoms with E-state index in [1.54, 1.807) is 29.0 Å². The van der Waals surface area contributed by atoms with Crippen molar-refractivity contribution in [3.8, 4) is 17.1 Å². The lowest BCUT2D eigenvalue weighted by molar-refractivity contribution is -0.118. The summed E-state index contributed by atoms with van der Waals surface area (Å²) < 4.78 is 39.0. The first-order chi connectivity index (χ1) is 14.4. The van der Waals surface area contributed by atoms with Crippen molar-refractivity contribution in [3.63, 3.8) is 0 Å². The number of nitrogens with two attached hydrogens (primary N) is 1. The van der Waals surface area contributed by atoms with Crippen molar-refractivity contribution in [1.82, 2.24) is 9.55 Å². The number of carbonyl (C=O) groups is 2. The first kappa shape index (κ1) is 19.9. The standard InChI is InChI=1S/C19H21F2N5O4/c1-2-12(17(22)27)23-10-3-4-11-14(7-10)29-6-5-25-8-15(24-18(11)25)26-13(16(20)21)9-30-19(26)28/h3-4,7-8,12-13,16,23H,2,5-6,9H2,1H3,(H2,22,27)/t12-,13?/m0/s1. The lowest BCUT2D eigenvalue weighted by Gasteiger charge is -2.18. The molecule has 1 saturated heterocycles. The van der Waals surface area contributed by atoms with Crippen LogP contribution in [-0.4, -0.2) is 53.3 Å². The van der Waals surface area contributed by atoms with Crippen molar-refractivity contribution in [2.75, 3.05) is 23.4 Å². The van der Waals surface area contributed by atoms with Crippen molar-refractivity contribution in [2.45, 2.75) is 38.4 Å². The lowest BCUT2D eigenvalue weighted by Crippen LogP contribution is -2.38. The maximum atomic E-state index is 13.3. The molecule has 2 aromatic rings. The Labute approximate surface area is 170 Å². The minimum Gasteiger partial charge on any atom is -0.491 e. The van der Waals surface area contributed by atoms with E-state index in [0.717, 1.165) is 4.90 Å². The lowest BCUT2D eigenvalue weighted by atomic mass is 10.1. The van der Waals surface area contributed by atoms with E-state index in [2.05, 4.69) is 10.3 Å². The molecule has 4 rings (SSSR count). The molecule has 11 heteroatoms. The number of ether oxygens (including phenoxy) is 2. The van der Waals surface area contributed by atoms with Crippen LogP contribution in [0.4, 0.5) is 25.1 Å².